The van der Waals surface area contributed by atoms with Gasteiger partial charge in [0.05, 0.1) is 10.6 Å². The largest absolute Gasteiger partial charge is 0.319 e. The van der Waals surface area contributed by atoms with Gasteiger partial charge in [0.25, 0.3) is 5.91 Å². The van der Waals surface area contributed by atoms with Crippen molar-refractivity contribution in [2.45, 2.75) is 11.8 Å². The third-order valence-electron chi connectivity index (χ3n) is 2.83. The van der Waals surface area contributed by atoms with E-state index in [1.54, 1.807) is 24.3 Å². The zero-order valence-electron chi connectivity index (χ0n) is 11.1. The summed E-state index contributed by atoms with van der Waals surface area (Å²) in [7, 11) is -3.98. The van der Waals surface area contributed by atoms with Crippen molar-refractivity contribution in [3.8, 4) is 0 Å². The molecule has 2 aromatic carbocycles. The van der Waals surface area contributed by atoms with Gasteiger partial charge in [-0.3, -0.25) is 4.79 Å². The second-order valence-corrected chi connectivity index (χ2v) is 6.07. The van der Waals surface area contributed by atoms with Crippen LogP contribution >= 0.6 is 0 Å². The van der Waals surface area contributed by atoms with Crippen molar-refractivity contribution >= 4 is 21.6 Å². The predicted molar refractivity (Wildman–Crippen MR) is 76.9 cm³/mol. The number of hydrogen-bond donors (Lipinski definition) is 2. The van der Waals surface area contributed by atoms with Crippen LogP contribution in [0.3, 0.4) is 0 Å². The number of sulfonamides is 1. The van der Waals surface area contributed by atoms with Crippen molar-refractivity contribution in [2.24, 2.45) is 5.14 Å². The molecule has 0 atom stereocenters. The molecule has 0 heterocycles. The summed E-state index contributed by atoms with van der Waals surface area (Å²) in [6.07, 6.45) is 0. The van der Waals surface area contributed by atoms with E-state index in [1.165, 1.54) is 0 Å². The Balaban J connectivity index is 2.24. The number of halogens is 1. The lowest BCUT2D eigenvalue weighted by Gasteiger charge is -2.08. The third kappa shape index (κ3) is 3.65. The van der Waals surface area contributed by atoms with Crippen LogP contribution in [-0.2, 0) is 10.0 Å². The Morgan fingerprint density at radius 1 is 1.14 bits per heavy atom. The molecule has 0 bridgehead atoms. The molecular weight excluding hydrogens is 295 g/mol. The Labute approximate surface area is 121 Å². The van der Waals surface area contributed by atoms with E-state index in [-0.39, 0.29) is 10.6 Å². The first-order valence-corrected chi connectivity index (χ1v) is 7.52. The number of anilines is 1. The number of primary sulfonamides is 1. The maximum absolute atomic E-state index is 13.8. The summed E-state index contributed by atoms with van der Waals surface area (Å²) in [5.74, 6) is -1.36. The Morgan fingerprint density at radius 3 is 2.29 bits per heavy atom. The molecule has 2 rings (SSSR count). The molecule has 0 aromatic heterocycles. The summed E-state index contributed by atoms with van der Waals surface area (Å²) >= 11 is 0. The molecule has 0 saturated heterocycles. The van der Waals surface area contributed by atoms with E-state index in [4.69, 9.17) is 5.14 Å². The zero-order valence-corrected chi connectivity index (χ0v) is 11.9. The summed E-state index contributed by atoms with van der Waals surface area (Å²) < 4.78 is 36.0. The molecule has 0 radical (unpaired) electrons. The lowest BCUT2D eigenvalue weighted by atomic mass is 10.1. The first kappa shape index (κ1) is 15.1. The van der Waals surface area contributed by atoms with Gasteiger partial charge in [0.1, 0.15) is 5.82 Å². The number of aryl methyl sites for hydroxylation is 1. The minimum absolute atomic E-state index is 0.118. The average molecular weight is 308 g/mol. The first-order valence-electron chi connectivity index (χ1n) is 5.98. The van der Waals surface area contributed by atoms with Crippen LogP contribution < -0.4 is 10.5 Å². The van der Waals surface area contributed by atoms with Gasteiger partial charge < -0.3 is 5.32 Å². The summed E-state index contributed by atoms with van der Waals surface area (Å²) in [4.78, 5) is 11.6. The number of rotatable bonds is 3. The fraction of sp³-hybridized carbons (Fsp3) is 0.0714. The number of nitrogens with two attached hydrogens (primary N) is 1. The molecule has 0 aliphatic rings. The number of carbonyl (C=O) groups excluding carboxylic acids is 1. The summed E-state index contributed by atoms with van der Waals surface area (Å²) in [5, 5.41) is 7.28. The van der Waals surface area contributed by atoms with Crippen LogP contribution in [-0.4, -0.2) is 14.3 Å². The zero-order chi connectivity index (χ0) is 15.6. The van der Waals surface area contributed by atoms with E-state index in [0.717, 1.165) is 23.8 Å². The lowest BCUT2D eigenvalue weighted by Crippen LogP contribution is -2.15. The number of benzene rings is 2. The summed E-state index contributed by atoms with van der Waals surface area (Å²) in [6, 6.07) is 9.79. The highest BCUT2D eigenvalue weighted by Crippen LogP contribution is 2.19. The minimum atomic E-state index is -3.98. The maximum Gasteiger partial charge on any atom is 0.255 e. The molecule has 0 saturated carbocycles. The normalized spacial score (nSPS) is 11.2. The van der Waals surface area contributed by atoms with Crippen LogP contribution in [0.4, 0.5) is 10.1 Å². The SMILES string of the molecule is Cc1ccc(C(=O)Nc2ccc(S(N)(=O)=O)cc2F)cc1. The smallest absolute Gasteiger partial charge is 0.255 e. The monoisotopic (exact) mass is 308 g/mol. The Kier molecular flexibility index (Phi) is 4.06. The number of hydrogen-bond acceptors (Lipinski definition) is 3. The van der Waals surface area contributed by atoms with Gasteiger partial charge in [-0.05, 0) is 37.3 Å². The quantitative estimate of drug-likeness (QED) is 0.909. The highest BCUT2D eigenvalue weighted by atomic mass is 32.2. The molecule has 0 fully saturated rings. The Morgan fingerprint density at radius 2 is 1.76 bits per heavy atom. The van der Waals surface area contributed by atoms with E-state index in [0.29, 0.717) is 5.56 Å². The number of carbonyl (C=O) groups is 1. The number of amides is 1. The highest BCUT2D eigenvalue weighted by molar-refractivity contribution is 7.89. The average Bonchev–Trinajstić information content (AvgIpc) is 2.40. The molecular formula is C14H13FN2O3S. The highest BCUT2D eigenvalue weighted by Gasteiger charge is 2.13. The molecule has 0 spiro atoms. The van der Waals surface area contributed by atoms with Crippen molar-refractivity contribution in [1.82, 2.24) is 0 Å². The fourth-order valence-corrected chi connectivity index (χ4v) is 2.20. The molecule has 0 aliphatic heterocycles. The second-order valence-electron chi connectivity index (χ2n) is 4.51. The maximum atomic E-state index is 13.8. The van der Waals surface area contributed by atoms with E-state index in [2.05, 4.69) is 5.32 Å². The van der Waals surface area contributed by atoms with Gasteiger partial charge in [0.2, 0.25) is 10.0 Å². The van der Waals surface area contributed by atoms with Crippen LogP contribution in [0.1, 0.15) is 15.9 Å². The van der Waals surface area contributed by atoms with Crippen LogP contribution in [0, 0.1) is 12.7 Å². The summed E-state index contributed by atoms with van der Waals surface area (Å²) in [6.45, 7) is 1.88. The van der Waals surface area contributed by atoms with Crippen molar-refractivity contribution in [3.05, 3.63) is 59.4 Å². The first-order chi connectivity index (χ1) is 9.77. The Hall–Kier alpha value is -2.25. The van der Waals surface area contributed by atoms with Crippen LogP contribution in [0.25, 0.3) is 0 Å². The van der Waals surface area contributed by atoms with Gasteiger partial charge in [-0.25, -0.2) is 17.9 Å². The van der Waals surface area contributed by atoms with Crippen LogP contribution in [0.15, 0.2) is 47.4 Å². The molecule has 110 valence electrons. The minimum Gasteiger partial charge on any atom is -0.319 e. The lowest BCUT2D eigenvalue weighted by molar-refractivity contribution is 0.102. The molecule has 5 nitrogen and oxygen atoms in total. The van der Waals surface area contributed by atoms with Gasteiger partial charge in [0, 0.05) is 5.56 Å². The van der Waals surface area contributed by atoms with Gasteiger partial charge in [-0.1, -0.05) is 17.7 Å². The van der Waals surface area contributed by atoms with Crippen LogP contribution in [0.2, 0.25) is 0 Å². The molecule has 21 heavy (non-hydrogen) atoms. The molecule has 7 heteroatoms. The molecule has 0 aliphatic carbocycles. The van der Waals surface area contributed by atoms with E-state index in [1.807, 2.05) is 6.92 Å². The number of nitrogens with one attached hydrogen (secondary N) is 1. The van der Waals surface area contributed by atoms with Crippen LogP contribution in [0.5, 0.6) is 0 Å². The molecule has 2 aromatic rings. The van der Waals surface area contributed by atoms with E-state index >= 15 is 0 Å². The fourth-order valence-electron chi connectivity index (χ4n) is 1.67. The van der Waals surface area contributed by atoms with Gasteiger partial charge in [0.15, 0.2) is 0 Å². The standard InChI is InChI=1S/C14H13FN2O3S/c1-9-2-4-10(5-3-9)14(18)17-13-7-6-11(8-12(13)15)21(16,19)20/h2-8H,1H3,(H,17,18)(H2,16,19,20). The predicted octanol–water partition coefficient (Wildman–Crippen LogP) is 2.03. The van der Waals surface area contributed by atoms with E-state index in [9.17, 15) is 17.6 Å². The molecule has 3 N–H and O–H groups in total. The van der Waals surface area contributed by atoms with E-state index < -0.39 is 21.7 Å². The topological polar surface area (TPSA) is 89.3 Å². The van der Waals surface area contributed by atoms with Crippen molar-refractivity contribution in [1.29, 1.82) is 0 Å². The van der Waals surface area contributed by atoms with Crippen molar-refractivity contribution < 1.29 is 17.6 Å². The van der Waals surface area contributed by atoms with Crippen molar-refractivity contribution in [3.63, 3.8) is 0 Å². The molecule has 0 unspecified atom stereocenters. The van der Waals surface area contributed by atoms with Gasteiger partial charge in [-0.15, -0.1) is 0 Å². The molecule has 1 amide bonds. The van der Waals surface area contributed by atoms with Gasteiger partial charge >= 0.3 is 0 Å². The van der Waals surface area contributed by atoms with Crippen molar-refractivity contribution in [2.75, 3.05) is 5.32 Å². The third-order valence-corrected chi connectivity index (χ3v) is 3.74. The van der Waals surface area contributed by atoms with Gasteiger partial charge in [-0.2, -0.15) is 0 Å². The Bertz CT molecular complexity index is 786. The summed E-state index contributed by atoms with van der Waals surface area (Å²) in [5.41, 5.74) is 1.25. The second kappa shape index (κ2) is 5.63.